The van der Waals surface area contributed by atoms with Crippen LogP contribution in [0.15, 0.2) is 11.6 Å². The predicted octanol–water partition coefficient (Wildman–Crippen LogP) is 1.55. The minimum Gasteiger partial charge on any atom is -0.330 e. The Morgan fingerprint density at radius 3 is 3.00 bits per heavy atom. The molecule has 0 amide bonds. The summed E-state index contributed by atoms with van der Waals surface area (Å²) < 4.78 is 0. The molecule has 0 radical (unpaired) electrons. The summed E-state index contributed by atoms with van der Waals surface area (Å²) in [6, 6.07) is 0. The molecule has 1 nitrogen and oxygen atoms in total. The van der Waals surface area contributed by atoms with Crippen molar-refractivity contribution in [2.24, 2.45) is 23.5 Å². The second-order valence-electron chi connectivity index (χ2n) is 3.46. The van der Waals surface area contributed by atoms with Gasteiger partial charge in [-0.3, -0.25) is 0 Å². The van der Waals surface area contributed by atoms with E-state index in [1.54, 1.807) is 5.57 Å². The Kier molecular flexibility index (Phi) is 1.34. The van der Waals surface area contributed by atoms with Crippen molar-refractivity contribution < 1.29 is 0 Å². The Labute approximate surface area is 62.3 Å². The van der Waals surface area contributed by atoms with Crippen LogP contribution in [0.2, 0.25) is 0 Å². The molecule has 1 saturated carbocycles. The minimum atomic E-state index is 0.861. The molecule has 3 unspecified atom stereocenters. The average Bonchev–Trinajstić information content (AvgIpc) is 2.51. The molecule has 0 bridgehead atoms. The second-order valence-corrected chi connectivity index (χ2v) is 3.46. The molecule has 2 rings (SSSR count). The van der Waals surface area contributed by atoms with Crippen molar-refractivity contribution in [2.45, 2.75) is 19.8 Å². The molecule has 0 saturated heterocycles. The Balaban J connectivity index is 2.03. The van der Waals surface area contributed by atoms with Gasteiger partial charge in [-0.2, -0.15) is 0 Å². The molecule has 3 atom stereocenters. The highest BCUT2D eigenvalue weighted by atomic mass is 14.7. The van der Waals surface area contributed by atoms with Gasteiger partial charge in [0.05, 0.1) is 0 Å². The van der Waals surface area contributed by atoms with Gasteiger partial charge in [0.2, 0.25) is 0 Å². The maximum Gasteiger partial charge on any atom is -0.00400 e. The van der Waals surface area contributed by atoms with Gasteiger partial charge in [0.1, 0.15) is 0 Å². The molecular formula is C9H15N. The van der Waals surface area contributed by atoms with Crippen LogP contribution in [0, 0.1) is 17.8 Å². The maximum absolute atomic E-state index is 5.61. The smallest absolute Gasteiger partial charge is 0.00400 e. The summed E-state index contributed by atoms with van der Waals surface area (Å²) in [4.78, 5) is 0. The van der Waals surface area contributed by atoms with Crippen molar-refractivity contribution in [1.82, 2.24) is 0 Å². The van der Waals surface area contributed by atoms with Crippen molar-refractivity contribution >= 4 is 0 Å². The van der Waals surface area contributed by atoms with E-state index in [9.17, 15) is 0 Å². The predicted molar refractivity (Wildman–Crippen MR) is 42.5 cm³/mol. The van der Waals surface area contributed by atoms with Gasteiger partial charge >= 0.3 is 0 Å². The van der Waals surface area contributed by atoms with E-state index in [-0.39, 0.29) is 0 Å². The van der Waals surface area contributed by atoms with Crippen molar-refractivity contribution in [3.8, 4) is 0 Å². The molecule has 10 heavy (non-hydrogen) atoms. The summed E-state index contributed by atoms with van der Waals surface area (Å²) >= 11 is 0. The Bertz CT molecular complexity index is 172. The first-order chi connectivity index (χ1) is 4.88. The second kappa shape index (κ2) is 2.09. The van der Waals surface area contributed by atoms with Crippen LogP contribution in [0.3, 0.4) is 0 Å². The molecule has 56 valence electrons. The van der Waals surface area contributed by atoms with Gasteiger partial charge in [-0.25, -0.2) is 0 Å². The van der Waals surface area contributed by atoms with Gasteiger partial charge in [-0.05, 0) is 37.1 Å². The molecule has 0 aromatic heterocycles. The Hall–Kier alpha value is -0.300. The highest BCUT2D eigenvalue weighted by Crippen LogP contribution is 2.57. The van der Waals surface area contributed by atoms with Crippen molar-refractivity contribution in [2.75, 3.05) is 6.54 Å². The third kappa shape index (κ3) is 0.671. The third-order valence-corrected chi connectivity index (χ3v) is 3.09. The maximum atomic E-state index is 5.61. The monoisotopic (exact) mass is 137 g/mol. The molecule has 1 heteroatoms. The van der Waals surface area contributed by atoms with Gasteiger partial charge in [0, 0.05) is 0 Å². The fourth-order valence-corrected chi connectivity index (χ4v) is 2.44. The molecule has 0 aromatic carbocycles. The lowest BCUT2D eigenvalue weighted by Crippen LogP contribution is -2.05. The van der Waals surface area contributed by atoms with Crippen molar-refractivity contribution in [3.63, 3.8) is 0 Å². The zero-order valence-corrected chi connectivity index (χ0v) is 6.51. The van der Waals surface area contributed by atoms with Gasteiger partial charge in [0.25, 0.3) is 0 Å². The van der Waals surface area contributed by atoms with Gasteiger partial charge < -0.3 is 5.73 Å². The van der Waals surface area contributed by atoms with E-state index < -0.39 is 0 Å². The summed E-state index contributed by atoms with van der Waals surface area (Å²) in [5, 5.41) is 0. The molecular weight excluding hydrogens is 122 g/mol. The standard InChI is InChI=1S/C9H15N/c1-2-6-3-4-7-8(5-10)9(6)7/h3,7-9H,2,4-5,10H2,1H3. The zero-order chi connectivity index (χ0) is 7.14. The van der Waals surface area contributed by atoms with Gasteiger partial charge in [0.15, 0.2) is 0 Å². The summed E-state index contributed by atoms with van der Waals surface area (Å²) in [6.07, 6.45) is 4.98. The summed E-state index contributed by atoms with van der Waals surface area (Å²) in [5.41, 5.74) is 7.29. The van der Waals surface area contributed by atoms with Crippen molar-refractivity contribution in [3.05, 3.63) is 11.6 Å². The van der Waals surface area contributed by atoms with Crippen LogP contribution < -0.4 is 5.73 Å². The Morgan fingerprint density at radius 2 is 2.50 bits per heavy atom. The van der Waals surface area contributed by atoms with Crippen LogP contribution >= 0.6 is 0 Å². The molecule has 0 heterocycles. The van der Waals surface area contributed by atoms with Crippen LogP contribution in [0.4, 0.5) is 0 Å². The molecule has 2 N–H and O–H groups in total. The fraction of sp³-hybridized carbons (Fsp3) is 0.778. The summed E-state index contributed by atoms with van der Waals surface area (Å²) in [6.45, 7) is 3.16. The molecule has 0 aliphatic heterocycles. The number of rotatable bonds is 2. The highest BCUT2D eigenvalue weighted by Gasteiger charge is 2.52. The topological polar surface area (TPSA) is 26.0 Å². The SMILES string of the molecule is CCC1=CCC2C(CN)C12. The van der Waals surface area contributed by atoms with Gasteiger partial charge in [-0.15, -0.1) is 0 Å². The average molecular weight is 137 g/mol. The van der Waals surface area contributed by atoms with E-state index in [1.165, 1.54) is 12.8 Å². The quantitative estimate of drug-likeness (QED) is 0.574. The lowest BCUT2D eigenvalue weighted by atomic mass is 10.1. The van der Waals surface area contributed by atoms with E-state index in [2.05, 4.69) is 13.0 Å². The van der Waals surface area contributed by atoms with Crippen LogP contribution in [0.5, 0.6) is 0 Å². The first-order valence-corrected chi connectivity index (χ1v) is 4.27. The van der Waals surface area contributed by atoms with Crippen LogP contribution in [-0.2, 0) is 0 Å². The zero-order valence-electron chi connectivity index (χ0n) is 6.51. The van der Waals surface area contributed by atoms with E-state index in [1.807, 2.05) is 0 Å². The number of nitrogens with two attached hydrogens (primary N) is 1. The van der Waals surface area contributed by atoms with Crippen LogP contribution in [-0.4, -0.2) is 6.54 Å². The number of fused-ring (bicyclic) bond motifs is 1. The molecule has 1 fully saturated rings. The molecule has 2 aliphatic rings. The molecule has 2 aliphatic carbocycles. The number of hydrogen-bond donors (Lipinski definition) is 1. The van der Waals surface area contributed by atoms with E-state index in [0.29, 0.717) is 0 Å². The van der Waals surface area contributed by atoms with Crippen LogP contribution in [0.1, 0.15) is 19.8 Å². The molecule has 0 spiro atoms. The Morgan fingerprint density at radius 1 is 1.70 bits per heavy atom. The van der Waals surface area contributed by atoms with E-state index in [4.69, 9.17) is 5.73 Å². The van der Waals surface area contributed by atoms with Crippen LogP contribution in [0.25, 0.3) is 0 Å². The fourth-order valence-electron chi connectivity index (χ4n) is 2.44. The lowest BCUT2D eigenvalue weighted by molar-refractivity contribution is 0.705. The lowest BCUT2D eigenvalue weighted by Gasteiger charge is -1.99. The number of allylic oxidation sites excluding steroid dienone is 2. The van der Waals surface area contributed by atoms with E-state index >= 15 is 0 Å². The number of hydrogen-bond acceptors (Lipinski definition) is 1. The molecule has 0 aromatic rings. The highest BCUT2D eigenvalue weighted by molar-refractivity contribution is 5.26. The summed E-state index contributed by atoms with van der Waals surface area (Å²) in [7, 11) is 0. The first kappa shape index (κ1) is 6.41. The van der Waals surface area contributed by atoms with Gasteiger partial charge in [-0.1, -0.05) is 18.6 Å². The first-order valence-electron chi connectivity index (χ1n) is 4.27. The summed E-state index contributed by atoms with van der Waals surface area (Å²) in [5.74, 6) is 2.73. The normalized spacial score (nSPS) is 43.0. The largest absolute Gasteiger partial charge is 0.330 e. The third-order valence-electron chi connectivity index (χ3n) is 3.09. The van der Waals surface area contributed by atoms with Crippen molar-refractivity contribution in [1.29, 1.82) is 0 Å². The van der Waals surface area contributed by atoms with E-state index in [0.717, 1.165) is 24.3 Å². The minimum absolute atomic E-state index is 0.861.